The zero-order valence-corrected chi connectivity index (χ0v) is 26.5. The molecule has 1 aliphatic rings. The molecule has 2 aromatic rings. The molecule has 0 aromatic carbocycles. The van der Waals surface area contributed by atoms with Crippen LogP contribution in [0.5, 0.6) is 0 Å². The Kier molecular flexibility index (Phi) is 11.7. The Labute approximate surface area is 256 Å². The van der Waals surface area contributed by atoms with Gasteiger partial charge in [0.05, 0.1) is 18.0 Å². The van der Waals surface area contributed by atoms with Gasteiger partial charge in [0.2, 0.25) is 5.91 Å². The van der Waals surface area contributed by atoms with Crippen molar-refractivity contribution in [2.75, 3.05) is 14.2 Å². The molecule has 1 fully saturated rings. The highest BCUT2D eigenvalue weighted by Crippen LogP contribution is 2.35. The molecule has 15 heteroatoms. The molecular formula is C28H37F3N4O6S2. The molecule has 43 heavy (non-hydrogen) atoms. The molecule has 4 unspecified atom stereocenters. The number of ether oxygens (including phenoxy) is 2. The average molecular weight is 647 g/mol. The number of halogens is 3. The first-order valence-electron chi connectivity index (χ1n) is 13.9. The predicted octanol–water partition coefficient (Wildman–Crippen LogP) is 5.05. The second-order valence-electron chi connectivity index (χ2n) is 11.1. The van der Waals surface area contributed by atoms with Gasteiger partial charge in [-0.25, -0.2) is 9.97 Å². The zero-order valence-electron chi connectivity index (χ0n) is 24.9. The highest BCUT2D eigenvalue weighted by atomic mass is 32.1. The molecular weight excluding hydrogens is 609 g/mol. The molecule has 3 rings (SSSR count). The van der Waals surface area contributed by atoms with Crippen LogP contribution >= 0.6 is 22.7 Å². The van der Waals surface area contributed by atoms with Gasteiger partial charge in [0, 0.05) is 55.6 Å². The summed E-state index contributed by atoms with van der Waals surface area (Å²) in [5.74, 6) is -2.21. The number of nitrogens with one attached hydrogen (secondary N) is 1. The molecule has 2 aromatic heterocycles. The molecule has 238 valence electrons. The number of esters is 2. The number of carbonyl (C=O) groups is 4. The molecule has 2 heterocycles. The van der Waals surface area contributed by atoms with E-state index in [0.717, 1.165) is 40.9 Å². The summed E-state index contributed by atoms with van der Waals surface area (Å²) in [4.78, 5) is 59.8. The van der Waals surface area contributed by atoms with E-state index in [1.54, 1.807) is 18.9 Å². The summed E-state index contributed by atoms with van der Waals surface area (Å²) in [6.07, 6.45) is -3.36. The number of hydrogen-bond acceptors (Lipinski definition) is 10. The maximum atomic E-state index is 13.3. The molecule has 4 atom stereocenters. The Hall–Kier alpha value is -3.07. The number of amides is 2. The number of alkyl halides is 3. The lowest BCUT2D eigenvalue weighted by molar-refractivity contribution is -0.149. The lowest BCUT2D eigenvalue weighted by Gasteiger charge is -2.33. The van der Waals surface area contributed by atoms with Crippen LogP contribution in [0.3, 0.4) is 0 Å². The number of aromatic nitrogens is 2. The Morgan fingerprint density at radius 3 is 2.30 bits per heavy atom. The van der Waals surface area contributed by atoms with Gasteiger partial charge in [-0.1, -0.05) is 20.8 Å². The first kappa shape index (κ1) is 34.4. The Bertz CT molecular complexity index is 1290. The standard InChI is InChI=1S/C28H37F3N4O6S2/c1-14(2)20(35(5)26(38)17-7-8-17)11-21(41-16(4)36)25-33-19(12-43-25)24(37)32-18(9-15(3)27(39)40-6)10-23-34-22(13-42-23)28(29,30)31/h12-15,17-18,20-21H,7-11H2,1-6H3,(H,32,37). The molecule has 1 aliphatic carbocycles. The van der Waals surface area contributed by atoms with Crippen molar-refractivity contribution in [2.24, 2.45) is 17.8 Å². The predicted molar refractivity (Wildman–Crippen MR) is 153 cm³/mol. The maximum absolute atomic E-state index is 13.3. The molecule has 1 saturated carbocycles. The molecule has 1 N–H and O–H groups in total. The van der Waals surface area contributed by atoms with Crippen molar-refractivity contribution >= 4 is 46.4 Å². The minimum Gasteiger partial charge on any atom is -0.469 e. The molecule has 10 nitrogen and oxygen atoms in total. The highest BCUT2D eigenvalue weighted by Gasteiger charge is 2.38. The summed E-state index contributed by atoms with van der Waals surface area (Å²) in [7, 11) is 2.97. The third-order valence-electron chi connectivity index (χ3n) is 7.18. The summed E-state index contributed by atoms with van der Waals surface area (Å²) >= 11 is 1.93. The van der Waals surface area contributed by atoms with E-state index in [2.05, 4.69) is 15.3 Å². The smallest absolute Gasteiger partial charge is 0.434 e. The number of hydrogen-bond donors (Lipinski definition) is 1. The second kappa shape index (κ2) is 14.6. The SMILES string of the molecule is COC(=O)C(C)CC(Cc1nc(C(F)(F)F)cs1)NC(=O)c1csc(C(CC(C(C)C)N(C)C(=O)C2CC2)OC(C)=O)n1. The first-order chi connectivity index (χ1) is 20.1. The first-order valence-corrected chi connectivity index (χ1v) is 15.7. The highest BCUT2D eigenvalue weighted by molar-refractivity contribution is 7.10. The lowest BCUT2D eigenvalue weighted by atomic mass is 9.96. The van der Waals surface area contributed by atoms with Crippen LogP contribution in [0.4, 0.5) is 13.2 Å². The van der Waals surface area contributed by atoms with E-state index < -0.39 is 47.8 Å². The number of carbonyl (C=O) groups excluding carboxylic acids is 4. The molecule has 2 amide bonds. The van der Waals surface area contributed by atoms with Gasteiger partial charge in [-0.05, 0) is 25.2 Å². The van der Waals surface area contributed by atoms with Crippen LogP contribution in [0.1, 0.15) is 85.7 Å². The summed E-state index contributed by atoms with van der Waals surface area (Å²) in [6.45, 7) is 6.81. The Morgan fingerprint density at radius 1 is 1.09 bits per heavy atom. The van der Waals surface area contributed by atoms with Crippen molar-refractivity contribution in [3.05, 3.63) is 32.2 Å². The van der Waals surface area contributed by atoms with E-state index in [-0.39, 0.29) is 53.7 Å². The van der Waals surface area contributed by atoms with Gasteiger partial charge in [0.1, 0.15) is 10.7 Å². The van der Waals surface area contributed by atoms with Crippen molar-refractivity contribution in [3.63, 3.8) is 0 Å². The summed E-state index contributed by atoms with van der Waals surface area (Å²) in [5.41, 5.74) is -1.00. The van der Waals surface area contributed by atoms with Gasteiger partial charge in [-0.2, -0.15) is 13.2 Å². The zero-order chi connectivity index (χ0) is 32.1. The fourth-order valence-electron chi connectivity index (χ4n) is 4.74. The van der Waals surface area contributed by atoms with Crippen LogP contribution in [0.15, 0.2) is 10.8 Å². The van der Waals surface area contributed by atoms with Crippen LogP contribution in [0, 0.1) is 17.8 Å². The lowest BCUT2D eigenvalue weighted by Crippen LogP contribution is -2.42. The number of methoxy groups -OCH3 is 1. The van der Waals surface area contributed by atoms with E-state index in [4.69, 9.17) is 9.47 Å². The van der Waals surface area contributed by atoms with Crippen molar-refractivity contribution in [1.82, 2.24) is 20.2 Å². The molecule has 0 spiro atoms. The molecule has 0 saturated heterocycles. The van der Waals surface area contributed by atoms with E-state index in [1.807, 2.05) is 13.8 Å². The molecule has 0 radical (unpaired) electrons. The summed E-state index contributed by atoms with van der Waals surface area (Å²) in [6, 6.07) is -1.00. The van der Waals surface area contributed by atoms with E-state index >= 15 is 0 Å². The van der Waals surface area contributed by atoms with Crippen LogP contribution in [0.2, 0.25) is 0 Å². The Morgan fingerprint density at radius 2 is 1.77 bits per heavy atom. The van der Waals surface area contributed by atoms with Crippen molar-refractivity contribution in [1.29, 1.82) is 0 Å². The van der Waals surface area contributed by atoms with Gasteiger partial charge in [0.15, 0.2) is 11.8 Å². The topological polar surface area (TPSA) is 128 Å². The van der Waals surface area contributed by atoms with Crippen LogP contribution in [-0.4, -0.2) is 64.9 Å². The minimum atomic E-state index is -4.60. The third-order valence-corrected chi connectivity index (χ3v) is 8.98. The van der Waals surface area contributed by atoms with Crippen molar-refractivity contribution in [3.8, 4) is 0 Å². The fraction of sp³-hybridized carbons (Fsp3) is 0.643. The van der Waals surface area contributed by atoms with Crippen LogP contribution in [-0.2, 0) is 36.5 Å². The summed E-state index contributed by atoms with van der Waals surface area (Å²) in [5, 5.41) is 5.68. The number of thiazole rings is 2. The molecule has 0 aliphatic heterocycles. The minimum absolute atomic E-state index is 0.0199. The molecule has 0 bridgehead atoms. The van der Waals surface area contributed by atoms with Crippen LogP contribution < -0.4 is 5.32 Å². The number of nitrogens with zero attached hydrogens (tertiary/aromatic N) is 3. The van der Waals surface area contributed by atoms with Gasteiger partial charge in [0.25, 0.3) is 5.91 Å². The van der Waals surface area contributed by atoms with Crippen LogP contribution in [0.25, 0.3) is 0 Å². The van der Waals surface area contributed by atoms with Gasteiger partial charge >= 0.3 is 18.1 Å². The third kappa shape index (κ3) is 9.71. The maximum Gasteiger partial charge on any atom is 0.434 e. The van der Waals surface area contributed by atoms with Crippen molar-refractivity contribution < 1.29 is 41.8 Å². The van der Waals surface area contributed by atoms with E-state index in [0.29, 0.717) is 5.01 Å². The van der Waals surface area contributed by atoms with Gasteiger partial charge in [-0.3, -0.25) is 19.2 Å². The van der Waals surface area contributed by atoms with E-state index in [1.165, 1.54) is 19.4 Å². The van der Waals surface area contributed by atoms with Gasteiger partial charge in [-0.15, -0.1) is 22.7 Å². The average Bonchev–Trinajstić information content (AvgIpc) is 3.44. The monoisotopic (exact) mass is 646 g/mol. The van der Waals surface area contributed by atoms with E-state index in [9.17, 15) is 32.3 Å². The second-order valence-corrected chi connectivity index (χ2v) is 12.9. The quantitative estimate of drug-likeness (QED) is 0.283. The normalized spacial score (nSPS) is 16.2. The number of rotatable bonds is 14. The Balaban J connectivity index is 1.79. The fourth-order valence-corrected chi connectivity index (χ4v) is 6.46. The van der Waals surface area contributed by atoms with Gasteiger partial charge < -0.3 is 19.7 Å². The summed E-state index contributed by atoms with van der Waals surface area (Å²) < 4.78 is 49.6. The largest absolute Gasteiger partial charge is 0.469 e. The van der Waals surface area contributed by atoms with Crippen molar-refractivity contribution in [2.45, 2.75) is 84.2 Å².